The second-order valence-electron chi connectivity index (χ2n) is 6.17. The quantitative estimate of drug-likeness (QED) is 0.706. The highest BCUT2D eigenvalue weighted by atomic mass is 32.1. The highest BCUT2D eigenvalue weighted by Gasteiger charge is 2.16. The molecule has 0 bridgehead atoms. The Hall–Kier alpha value is -2.51. The molecule has 0 saturated heterocycles. The number of anilines is 1. The smallest absolute Gasteiger partial charge is 0.247 e. The third-order valence-electron chi connectivity index (χ3n) is 4.12. The van der Waals surface area contributed by atoms with Crippen molar-refractivity contribution < 1.29 is 14.3 Å². The first-order chi connectivity index (χ1) is 12.9. The molecule has 1 aromatic heterocycles. The lowest BCUT2D eigenvalue weighted by atomic mass is 10.1. The van der Waals surface area contributed by atoms with Crippen LogP contribution >= 0.6 is 11.3 Å². The number of rotatable bonds is 8. The summed E-state index contributed by atoms with van der Waals surface area (Å²) in [7, 11) is 1.56. The van der Waals surface area contributed by atoms with Crippen LogP contribution in [0.15, 0.2) is 29.7 Å². The zero-order chi connectivity index (χ0) is 19.8. The summed E-state index contributed by atoms with van der Waals surface area (Å²) < 4.78 is 5.06. The monoisotopic (exact) mass is 387 g/mol. The van der Waals surface area contributed by atoms with E-state index in [-0.39, 0.29) is 18.4 Å². The average molecular weight is 388 g/mol. The van der Waals surface area contributed by atoms with Gasteiger partial charge in [-0.3, -0.25) is 9.59 Å². The summed E-state index contributed by atoms with van der Waals surface area (Å²) in [6.45, 7) is 6.49. The number of aromatic nitrogens is 1. The zero-order valence-corrected chi connectivity index (χ0v) is 16.9. The van der Waals surface area contributed by atoms with Crippen LogP contribution in [-0.2, 0) is 14.3 Å². The molecule has 6 nitrogen and oxygen atoms in total. The fourth-order valence-corrected chi connectivity index (χ4v) is 3.02. The topological polar surface area (TPSA) is 71.5 Å². The molecule has 1 N–H and O–H groups in total. The average Bonchev–Trinajstić information content (AvgIpc) is 3.05. The minimum atomic E-state index is -0.256. The highest BCUT2D eigenvalue weighted by Crippen LogP contribution is 2.18. The summed E-state index contributed by atoms with van der Waals surface area (Å²) >= 11 is 1.52. The Balaban J connectivity index is 2.03. The maximum Gasteiger partial charge on any atom is 0.247 e. The Morgan fingerprint density at radius 2 is 2.07 bits per heavy atom. The normalized spacial score (nSPS) is 11.0. The van der Waals surface area contributed by atoms with Crippen molar-refractivity contribution in [3.63, 3.8) is 0 Å². The Labute approximate surface area is 163 Å². The summed E-state index contributed by atoms with van der Waals surface area (Å²) in [5.74, 6) is -0.500. The van der Waals surface area contributed by atoms with Gasteiger partial charge in [-0.15, -0.1) is 11.3 Å². The van der Waals surface area contributed by atoms with Crippen LogP contribution < -0.4 is 5.32 Å². The fourth-order valence-electron chi connectivity index (χ4n) is 2.44. The van der Waals surface area contributed by atoms with Gasteiger partial charge in [0.15, 0.2) is 0 Å². The van der Waals surface area contributed by atoms with Crippen molar-refractivity contribution >= 4 is 34.9 Å². The number of carbonyl (C=O) groups excluding carboxylic acids is 2. The van der Waals surface area contributed by atoms with Gasteiger partial charge in [0.1, 0.15) is 6.54 Å². The summed E-state index contributed by atoms with van der Waals surface area (Å²) in [5, 5.41) is 5.70. The predicted octanol–water partition coefficient (Wildman–Crippen LogP) is 3.20. The molecule has 0 radical (unpaired) electrons. The molecule has 0 fully saturated rings. The molecule has 0 aliphatic rings. The molecule has 0 aliphatic heterocycles. The van der Waals surface area contributed by atoms with Gasteiger partial charge >= 0.3 is 0 Å². The largest absolute Gasteiger partial charge is 0.383 e. The van der Waals surface area contributed by atoms with Crippen molar-refractivity contribution in [2.45, 2.75) is 20.8 Å². The first kappa shape index (κ1) is 20.8. The number of thiazole rings is 1. The van der Waals surface area contributed by atoms with Crippen molar-refractivity contribution in [2.75, 3.05) is 32.1 Å². The number of hydrogen-bond donors (Lipinski definition) is 1. The third kappa shape index (κ3) is 6.30. The molecule has 144 valence electrons. The molecule has 2 rings (SSSR count). The van der Waals surface area contributed by atoms with Gasteiger partial charge in [0, 0.05) is 30.8 Å². The molecular weight excluding hydrogens is 362 g/mol. The van der Waals surface area contributed by atoms with Crippen LogP contribution in [0.1, 0.15) is 21.8 Å². The molecule has 1 heterocycles. The molecule has 1 aromatic carbocycles. The number of hydrogen-bond acceptors (Lipinski definition) is 5. The minimum Gasteiger partial charge on any atom is -0.383 e. The first-order valence-corrected chi connectivity index (χ1v) is 9.52. The van der Waals surface area contributed by atoms with Gasteiger partial charge in [-0.2, -0.15) is 0 Å². The SMILES string of the molecule is COCCN(CC(=O)Nc1cccc(C)c1C)C(=O)/C=C/c1csc(C)n1. The summed E-state index contributed by atoms with van der Waals surface area (Å²) in [6.07, 6.45) is 3.10. The van der Waals surface area contributed by atoms with Crippen LogP contribution in [0.25, 0.3) is 6.08 Å². The maximum atomic E-state index is 12.5. The second-order valence-corrected chi connectivity index (χ2v) is 7.24. The number of benzene rings is 1. The first-order valence-electron chi connectivity index (χ1n) is 8.65. The molecule has 7 heteroatoms. The molecule has 2 amide bonds. The van der Waals surface area contributed by atoms with Gasteiger partial charge in [0.05, 0.1) is 17.3 Å². The van der Waals surface area contributed by atoms with E-state index in [1.165, 1.54) is 22.3 Å². The number of nitrogens with zero attached hydrogens (tertiary/aromatic N) is 2. The van der Waals surface area contributed by atoms with E-state index in [9.17, 15) is 9.59 Å². The van der Waals surface area contributed by atoms with Gasteiger partial charge in [-0.25, -0.2) is 4.98 Å². The lowest BCUT2D eigenvalue weighted by Gasteiger charge is -2.21. The molecule has 0 aliphatic carbocycles. The lowest BCUT2D eigenvalue weighted by molar-refractivity contribution is -0.131. The Morgan fingerprint density at radius 1 is 1.30 bits per heavy atom. The van der Waals surface area contributed by atoms with Crippen LogP contribution in [0, 0.1) is 20.8 Å². The van der Waals surface area contributed by atoms with Crippen molar-refractivity contribution in [3.05, 3.63) is 51.5 Å². The van der Waals surface area contributed by atoms with E-state index >= 15 is 0 Å². The summed E-state index contributed by atoms with van der Waals surface area (Å²) in [6, 6.07) is 5.74. The second kappa shape index (κ2) is 9.99. The Kier molecular flexibility index (Phi) is 7.69. The van der Waals surface area contributed by atoms with Crippen molar-refractivity contribution in [1.82, 2.24) is 9.88 Å². The van der Waals surface area contributed by atoms with E-state index < -0.39 is 0 Å². The summed E-state index contributed by atoms with van der Waals surface area (Å²) in [4.78, 5) is 30.7. The van der Waals surface area contributed by atoms with E-state index in [0.717, 1.165) is 27.5 Å². The number of nitrogens with one attached hydrogen (secondary N) is 1. The van der Waals surface area contributed by atoms with Gasteiger partial charge in [-0.05, 0) is 44.0 Å². The predicted molar refractivity (Wildman–Crippen MR) is 109 cm³/mol. The van der Waals surface area contributed by atoms with Crippen molar-refractivity contribution in [1.29, 1.82) is 0 Å². The van der Waals surface area contributed by atoms with Crippen LogP contribution in [0.5, 0.6) is 0 Å². The van der Waals surface area contributed by atoms with Crippen LogP contribution in [0.4, 0.5) is 5.69 Å². The van der Waals surface area contributed by atoms with Crippen LogP contribution in [0.2, 0.25) is 0 Å². The molecular formula is C20H25N3O3S. The van der Waals surface area contributed by atoms with Gasteiger partial charge in [0.25, 0.3) is 0 Å². The van der Waals surface area contributed by atoms with Crippen molar-refractivity contribution in [3.8, 4) is 0 Å². The lowest BCUT2D eigenvalue weighted by Crippen LogP contribution is -2.39. The van der Waals surface area contributed by atoms with E-state index in [0.29, 0.717) is 13.2 Å². The minimum absolute atomic E-state index is 0.0456. The van der Waals surface area contributed by atoms with E-state index in [4.69, 9.17) is 4.74 Å². The number of carbonyl (C=O) groups is 2. The standard InChI is InChI=1S/C20H25N3O3S/c1-14-6-5-7-18(15(14)2)22-19(24)12-23(10-11-26-4)20(25)9-8-17-13-27-16(3)21-17/h5-9,13H,10-12H2,1-4H3,(H,22,24)/b9-8+. The molecule has 0 spiro atoms. The van der Waals surface area contributed by atoms with Crippen molar-refractivity contribution in [2.24, 2.45) is 0 Å². The van der Waals surface area contributed by atoms with Crippen LogP contribution in [-0.4, -0.2) is 48.5 Å². The number of amides is 2. The molecule has 0 atom stereocenters. The Morgan fingerprint density at radius 3 is 2.74 bits per heavy atom. The fraction of sp³-hybridized carbons (Fsp3) is 0.350. The summed E-state index contributed by atoms with van der Waals surface area (Å²) in [5.41, 5.74) is 3.60. The van der Waals surface area contributed by atoms with E-state index in [1.54, 1.807) is 13.2 Å². The molecule has 0 saturated carbocycles. The van der Waals surface area contributed by atoms with Gasteiger partial charge in [-0.1, -0.05) is 12.1 Å². The molecule has 27 heavy (non-hydrogen) atoms. The Bertz CT molecular complexity index is 830. The van der Waals surface area contributed by atoms with Crippen LogP contribution in [0.3, 0.4) is 0 Å². The molecule has 0 unspecified atom stereocenters. The van der Waals surface area contributed by atoms with Gasteiger partial charge in [0.2, 0.25) is 11.8 Å². The number of aryl methyl sites for hydroxylation is 2. The van der Waals surface area contributed by atoms with E-state index in [2.05, 4.69) is 10.3 Å². The number of methoxy groups -OCH3 is 1. The highest BCUT2D eigenvalue weighted by molar-refractivity contribution is 7.09. The van der Waals surface area contributed by atoms with Gasteiger partial charge < -0.3 is 15.0 Å². The maximum absolute atomic E-state index is 12.5. The number of ether oxygens (including phenoxy) is 1. The molecule has 2 aromatic rings. The zero-order valence-electron chi connectivity index (χ0n) is 16.1. The van der Waals surface area contributed by atoms with E-state index in [1.807, 2.05) is 44.4 Å². The third-order valence-corrected chi connectivity index (χ3v) is 4.92.